The highest BCUT2D eigenvalue weighted by molar-refractivity contribution is 5.71. The fourth-order valence-corrected chi connectivity index (χ4v) is 1.38. The number of alkyl halides is 6. The van der Waals surface area contributed by atoms with E-state index in [4.69, 9.17) is 5.11 Å². The lowest BCUT2D eigenvalue weighted by Gasteiger charge is -2.16. The number of aromatic nitrogens is 1. The molecule has 1 aromatic heterocycles. The van der Waals surface area contributed by atoms with E-state index in [2.05, 4.69) is 4.74 Å². The van der Waals surface area contributed by atoms with Gasteiger partial charge in [0.05, 0.1) is 6.42 Å². The van der Waals surface area contributed by atoms with Crippen LogP contribution in [0.4, 0.5) is 26.3 Å². The Hall–Kier alpha value is -2.20. The van der Waals surface area contributed by atoms with Crippen molar-refractivity contribution < 1.29 is 41.0 Å². The van der Waals surface area contributed by atoms with E-state index in [-0.39, 0.29) is 0 Å². The van der Waals surface area contributed by atoms with Crippen LogP contribution in [0.25, 0.3) is 0 Å². The standard InChI is InChI=1S/C9H5F6NO4/c10-8(11,12)5-3(1-4(17)18)2-16-7(19)6(5)20-9(13,14)15/h2H,1H2,(H,16,19)(H,17,18). The van der Waals surface area contributed by atoms with Crippen LogP contribution < -0.4 is 10.3 Å². The van der Waals surface area contributed by atoms with Gasteiger partial charge >= 0.3 is 18.5 Å². The van der Waals surface area contributed by atoms with E-state index in [1.165, 1.54) is 0 Å². The quantitative estimate of drug-likeness (QED) is 0.836. The molecule has 0 aliphatic heterocycles. The van der Waals surface area contributed by atoms with E-state index >= 15 is 0 Å². The third-order valence-electron chi connectivity index (χ3n) is 1.97. The Kier molecular flexibility index (Phi) is 4.01. The summed E-state index contributed by atoms with van der Waals surface area (Å²) >= 11 is 0. The maximum Gasteiger partial charge on any atom is 0.573 e. The molecular formula is C9H5F6NO4. The molecule has 1 rings (SSSR count). The molecule has 0 radical (unpaired) electrons. The number of carbonyl (C=O) groups is 1. The second-order valence-electron chi connectivity index (χ2n) is 3.46. The van der Waals surface area contributed by atoms with Crippen LogP contribution in [0, 0.1) is 0 Å². The van der Waals surface area contributed by atoms with Gasteiger partial charge in [0.15, 0.2) is 0 Å². The van der Waals surface area contributed by atoms with Crippen LogP contribution in [0.3, 0.4) is 0 Å². The number of aliphatic carboxylic acids is 1. The van der Waals surface area contributed by atoms with Gasteiger partial charge in [0.2, 0.25) is 5.75 Å². The maximum atomic E-state index is 12.7. The third kappa shape index (κ3) is 3.90. The minimum atomic E-state index is -5.53. The highest BCUT2D eigenvalue weighted by atomic mass is 19.4. The molecule has 2 N–H and O–H groups in total. The summed E-state index contributed by atoms with van der Waals surface area (Å²) in [5.74, 6) is -3.76. The Morgan fingerprint density at radius 1 is 1.25 bits per heavy atom. The van der Waals surface area contributed by atoms with Gasteiger partial charge in [0.25, 0.3) is 5.56 Å². The lowest BCUT2D eigenvalue weighted by molar-refractivity contribution is -0.276. The van der Waals surface area contributed by atoms with Gasteiger partial charge in [-0.05, 0) is 5.56 Å². The zero-order valence-electron chi connectivity index (χ0n) is 9.22. The molecule has 0 saturated heterocycles. The second-order valence-corrected chi connectivity index (χ2v) is 3.46. The molecule has 0 fully saturated rings. The largest absolute Gasteiger partial charge is 0.573 e. The smallest absolute Gasteiger partial charge is 0.481 e. The molecule has 0 amide bonds. The molecule has 0 aliphatic rings. The number of rotatable bonds is 3. The molecular weight excluding hydrogens is 300 g/mol. The first-order chi connectivity index (χ1) is 8.92. The average molecular weight is 305 g/mol. The van der Waals surface area contributed by atoms with Gasteiger partial charge in [-0.1, -0.05) is 0 Å². The van der Waals surface area contributed by atoms with Crippen molar-refractivity contribution in [1.29, 1.82) is 0 Å². The number of carboxylic acids is 1. The molecule has 20 heavy (non-hydrogen) atoms. The van der Waals surface area contributed by atoms with Crippen molar-refractivity contribution in [2.24, 2.45) is 0 Å². The Morgan fingerprint density at radius 2 is 1.80 bits per heavy atom. The Balaban J connectivity index is 3.55. The Labute approximate surface area is 105 Å². The maximum absolute atomic E-state index is 12.7. The number of nitrogens with one attached hydrogen (secondary N) is 1. The van der Waals surface area contributed by atoms with Crippen molar-refractivity contribution in [3.63, 3.8) is 0 Å². The van der Waals surface area contributed by atoms with Crippen LogP contribution in [0.1, 0.15) is 11.1 Å². The molecule has 0 atom stereocenters. The van der Waals surface area contributed by atoms with Crippen molar-refractivity contribution in [3.05, 3.63) is 27.7 Å². The molecule has 11 heteroatoms. The lowest BCUT2D eigenvalue weighted by atomic mass is 10.1. The summed E-state index contributed by atoms with van der Waals surface area (Å²) in [4.78, 5) is 23.0. The molecule has 0 saturated carbocycles. The highest BCUT2D eigenvalue weighted by Gasteiger charge is 2.43. The van der Waals surface area contributed by atoms with Gasteiger partial charge in [-0.2, -0.15) is 13.2 Å². The Morgan fingerprint density at radius 3 is 2.20 bits per heavy atom. The second kappa shape index (κ2) is 5.06. The summed E-state index contributed by atoms with van der Waals surface area (Å²) in [6.45, 7) is 0. The van der Waals surface area contributed by atoms with E-state index in [9.17, 15) is 35.9 Å². The summed E-state index contributed by atoms with van der Waals surface area (Å²) in [6, 6.07) is 0. The van der Waals surface area contributed by atoms with Crippen molar-refractivity contribution in [2.75, 3.05) is 0 Å². The summed E-state index contributed by atoms with van der Waals surface area (Å²) in [5.41, 5.74) is -4.89. The monoisotopic (exact) mass is 305 g/mol. The van der Waals surface area contributed by atoms with Crippen LogP contribution in [0.2, 0.25) is 0 Å². The van der Waals surface area contributed by atoms with Crippen molar-refractivity contribution in [3.8, 4) is 5.75 Å². The SMILES string of the molecule is O=C(O)Cc1c[nH]c(=O)c(OC(F)(F)F)c1C(F)(F)F. The molecule has 5 nitrogen and oxygen atoms in total. The summed E-state index contributed by atoms with van der Waals surface area (Å²) < 4.78 is 77.3. The third-order valence-corrected chi connectivity index (χ3v) is 1.97. The number of pyridine rings is 1. The lowest BCUT2D eigenvalue weighted by Crippen LogP contribution is -2.27. The molecule has 0 bridgehead atoms. The molecule has 0 aromatic carbocycles. The predicted molar refractivity (Wildman–Crippen MR) is 50.1 cm³/mol. The Bertz CT molecular complexity index is 573. The topological polar surface area (TPSA) is 79.4 Å². The molecule has 1 heterocycles. The van der Waals surface area contributed by atoms with Crippen LogP contribution >= 0.6 is 0 Å². The van der Waals surface area contributed by atoms with Crippen molar-refractivity contribution in [1.82, 2.24) is 4.98 Å². The van der Waals surface area contributed by atoms with Crippen LogP contribution in [-0.4, -0.2) is 22.4 Å². The van der Waals surface area contributed by atoms with Gasteiger partial charge in [0.1, 0.15) is 5.56 Å². The summed E-state index contributed by atoms with van der Waals surface area (Å²) in [7, 11) is 0. The normalized spacial score (nSPS) is 12.3. The number of ether oxygens (including phenoxy) is 1. The average Bonchev–Trinajstić information content (AvgIpc) is 2.18. The number of carboxylic acid groups (broad SMARTS) is 1. The number of halogens is 6. The van der Waals surface area contributed by atoms with E-state index in [1.54, 1.807) is 4.98 Å². The molecule has 0 unspecified atom stereocenters. The highest BCUT2D eigenvalue weighted by Crippen LogP contribution is 2.38. The fraction of sp³-hybridized carbons (Fsp3) is 0.333. The zero-order valence-corrected chi connectivity index (χ0v) is 9.22. The fourth-order valence-electron chi connectivity index (χ4n) is 1.38. The number of hydrogen-bond donors (Lipinski definition) is 2. The van der Waals surface area contributed by atoms with Crippen LogP contribution in [0.15, 0.2) is 11.0 Å². The van der Waals surface area contributed by atoms with Crippen molar-refractivity contribution >= 4 is 5.97 Å². The number of aromatic amines is 1. The van der Waals surface area contributed by atoms with Crippen LogP contribution in [-0.2, 0) is 17.4 Å². The van der Waals surface area contributed by atoms with Gasteiger partial charge in [-0.15, -0.1) is 13.2 Å². The first-order valence-corrected chi connectivity index (χ1v) is 4.71. The van der Waals surface area contributed by atoms with E-state index in [0.29, 0.717) is 6.20 Å². The van der Waals surface area contributed by atoms with Crippen LogP contribution in [0.5, 0.6) is 5.75 Å². The van der Waals surface area contributed by atoms with Gasteiger partial charge in [-0.3, -0.25) is 9.59 Å². The molecule has 0 aliphatic carbocycles. The van der Waals surface area contributed by atoms with E-state index in [1.807, 2.05) is 0 Å². The minimum absolute atomic E-state index is 0.377. The zero-order chi connectivity index (χ0) is 15.7. The van der Waals surface area contributed by atoms with Crippen molar-refractivity contribution in [2.45, 2.75) is 19.0 Å². The van der Waals surface area contributed by atoms with E-state index in [0.717, 1.165) is 0 Å². The van der Waals surface area contributed by atoms with E-state index < -0.39 is 47.4 Å². The molecule has 1 aromatic rings. The first kappa shape index (κ1) is 15.9. The van der Waals surface area contributed by atoms with Gasteiger partial charge in [-0.25, -0.2) is 0 Å². The summed E-state index contributed by atoms with van der Waals surface area (Å²) in [6.07, 6.45) is -11.8. The molecule has 0 spiro atoms. The summed E-state index contributed by atoms with van der Waals surface area (Å²) in [5, 5.41) is 8.43. The predicted octanol–water partition coefficient (Wildman–Crippen LogP) is 1.92. The van der Waals surface area contributed by atoms with Gasteiger partial charge in [0, 0.05) is 6.20 Å². The first-order valence-electron chi connectivity index (χ1n) is 4.71. The van der Waals surface area contributed by atoms with Gasteiger partial charge < -0.3 is 14.8 Å². The number of H-pyrrole nitrogens is 1. The number of hydrogen-bond acceptors (Lipinski definition) is 3. The molecule has 112 valence electrons. The minimum Gasteiger partial charge on any atom is -0.481 e.